The summed E-state index contributed by atoms with van der Waals surface area (Å²) in [4.78, 5) is 4.54. The minimum Gasteiger partial charge on any atom is -0.275 e. The molecular weight excluding hydrogens is 338 g/mol. The summed E-state index contributed by atoms with van der Waals surface area (Å²) in [7, 11) is 0.888. The van der Waals surface area contributed by atoms with Crippen LogP contribution in [-0.4, -0.2) is 19.0 Å². The number of hydrogen-bond acceptors (Lipinski definition) is 4. The highest BCUT2D eigenvalue weighted by molar-refractivity contribution is 7.83. The van der Waals surface area contributed by atoms with Crippen LogP contribution in [-0.2, 0) is 29.4 Å². The summed E-state index contributed by atoms with van der Waals surface area (Å²) in [6.45, 7) is 0. The van der Waals surface area contributed by atoms with E-state index in [-0.39, 0.29) is 0 Å². The summed E-state index contributed by atoms with van der Waals surface area (Å²) in [6.07, 6.45) is 3.71. The molecular formula is C15H14ClN3OS2. The minimum absolute atomic E-state index is 0.458. The fraction of sp³-hybridized carbons (Fsp3) is 0.200. The SMILES string of the molecule is Cn1cc(-c2nc(C[S@](=O)Cc3ccc(Cl)cc3)cs2)cn1. The Hall–Kier alpha value is -1.50. The molecule has 0 fully saturated rings. The molecule has 0 unspecified atom stereocenters. The second-order valence-corrected chi connectivity index (χ2v) is 7.65. The van der Waals surface area contributed by atoms with E-state index in [0.717, 1.165) is 21.8 Å². The van der Waals surface area contributed by atoms with Gasteiger partial charge in [0.15, 0.2) is 0 Å². The topological polar surface area (TPSA) is 47.8 Å². The molecule has 3 aromatic rings. The summed E-state index contributed by atoms with van der Waals surface area (Å²) in [5.41, 5.74) is 2.86. The number of hydrogen-bond donors (Lipinski definition) is 0. The third kappa shape index (κ3) is 3.82. The van der Waals surface area contributed by atoms with Crippen molar-refractivity contribution >= 4 is 33.7 Å². The highest BCUT2D eigenvalue weighted by atomic mass is 35.5. The van der Waals surface area contributed by atoms with Crippen LogP contribution in [0.4, 0.5) is 0 Å². The first-order valence-corrected chi connectivity index (χ1v) is 9.37. The van der Waals surface area contributed by atoms with Crippen molar-refractivity contribution in [3.63, 3.8) is 0 Å². The number of benzene rings is 1. The van der Waals surface area contributed by atoms with Crippen LogP contribution in [0.25, 0.3) is 10.6 Å². The van der Waals surface area contributed by atoms with Gasteiger partial charge in [0.05, 0.1) is 17.6 Å². The van der Waals surface area contributed by atoms with Crippen molar-refractivity contribution in [2.24, 2.45) is 7.05 Å². The first-order chi connectivity index (χ1) is 10.6. The van der Waals surface area contributed by atoms with Gasteiger partial charge >= 0.3 is 0 Å². The molecule has 2 aromatic heterocycles. The summed E-state index contributed by atoms with van der Waals surface area (Å²) in [5, 5.41) is 7.70. The van der Waals surface area contributed by atoms with Gasteiger partial charge in [-0.1, -0.05) is 23.7 Å². The van der Waals surface area contributed by atoms with E-state index >= 15 is 0 Å². The van der Waals surface area contributed by atoms with Crippen LogP contribution in [0.2, 0.25) is 5.02 Å². The van der Waals surface area contributed by atoms with Gasteiger partial charge in [-0.25, -0.2) is 4.98 Å². The second-order valence-electron chi connectivity index (χ2n) is 4.90. The van der Waals surface area contributed by atoms with Crippen molar-refractivity contribution in [2.75, 3.05) is 0 Å². The summed E-state index contributed by atoms with van der Waals surface area (Å²) in [5.74, 6) is 0.969. The van der Waals surface area contributed by atoms with Crippen molar-refractivity contribution in [1.29, 1.82) is 0 Å². The molecule has 0 amide bonds. The molecule has 0 radical (unpaired) electrons. The molecule has 0 aliphatic heterocycles. The number of nitrogens with zero attached hydrogens (tertiary/aromatic N) is 3. The monoisotopic (exact) mass is 351 g/mol. The van der Waals surface area contributed by atoms with Gasteiger partial charge in [0.1, 0.15) is 5.01 Å². The molecule has 22 heavy (non-hydrogen) atoms. The van der Waals surface area contributed by atoms with E-state index in [4.69, 9.17) is 11.6 Å². The van der Waals surface area contributed by atoms with Crippen LogP contribution < -0.4 is 0 Å². The van der Waals surface area contributed by atoms with Gasteiger partial charge in [0.2, 0.25) is 0 Å². The maximum atomic E-state index is 12.2. The average molecular weight is 352 g/mol. The lowest BCUT2D eigenvalue weighted by atomic mass is 10.2. The standard InChI is InChI=1S/C15H14ClN3OS2/c1-19-7-12(6-17-19)15-18-14(8-21-15)10-22(20)9-11-2-4-13(16)5-3-11/h2-8H,9-10H2,1H3/t22-/m1/s1. The van der Waals surface area contributed by atoms with Crippen LogP contribution in [0.5, 0.6) is 0 Å². The zero-order chi connectivity index (χ0) is 15.5. The quantitative estimate of drug-likeness (QED) is 0.705. The van der Waals surface area contributed by atoms with E-state index in [0.29, 0.717) is 16.5 Å². The molecule has 1 atom stereocenters. The van der Waals surface area contributed by atoms with Crippen LogP contribution in [0.1, 0.15) is 11.3 Å². The van der Waals surface area contributed by atoms with Crippen LogP contribution in [0, 0.1) is 0 Å². The van der Waals surface area contributed by atoms with Gasteiger partial charge in [-0.05, 0) is 17.7 Å². The van der Waals surface area contributed by atoms with E-state index < -0.39 is 10.8 Å². The van der Waals surface area contributed by atoms with Gasteiger partial charge in [-0.2, -0.15) is 5.10 Å². The first kappa shape index (κ1) is 15.4. The Morgan fingerprint density at radius 3 is 2.73 bits per heavy atom. The molecule has 0 saturated heterocycles. The van der Waals surface area contributed by atoms with Gasteiger partial charge in [0, 0.05) is 45.8 Å². The predicted molar refractivity (Wildman–Crippen MR) is 91.3 cm³/mol. The van der Waals surface area contributed by atoms with Crippen LogP contribution >= 0.6 is 22.9 Å². The Labute approximate surface area is 140 Å². The molecule has 7 heteroatoms. The Kier molecular flexibility index (Phi) is 4.71. The average Bonchev–Trinajstić information content (AvgIpc) is 3.10. The molecule has 0 aliphatic carbocycles. The third-order valence-electron chi connectivity index (χ3n) is 3.05. The van der Waals surface area contributed by atoms with Crippen molar-refractivity contribution in [3.8, 4) is 10.6 Å². The Morgan fingerprint density at radius 2 is 2.05 bits per heavy atom. The van der Waals surface area contributed by atoms with E-state index in [1.807, 2.05) is 42.9 Å². The largest absolute Gasteiger partial charge is 0.275 e. The summed E-state index contributed by atoms with van der Waals surface area (Å²) < 4.78 is 14.0. The van der Waals surface area contributed by atoms with Crippen molar-refractivity contribution in [3.05, 3.63) is 58.3 Å². The smallest absolute Gasteiger partial charge is 0.126 e. The zero-order valence-electron chi connectivity index (χ0n) is 11.9. The van der Waals surface area contributed by atoms with Gasteiger partial charge in [-0.15, -0.1) is 11.3 Å². The van der Waals surface area contributed by atoms with Crippen molar-refractivity contribution < 1.29 is 4.21 Å². The molecule has 0 aliphatic rings. The zero-order valence-corrected chi connectivity index (χ0v) is 14.3. The lowest BCUT2D eigenvalue weighted by molar-refractivity contribution is 0.681. The number of aromatic nitrogens is 3. The van der Waals surface area contributed by atoms with E-state index in [2.05, 4.69) is 10.1 Å². The normalized spacial score (nSPS) is 12.5. The van der Waals surface area contributed by atoms with Crippen LogP contribution in [0.3, 0.4) is 0 Å². The van der Waals surface area contributed by atoms with E-state index in [1.54, 1.807) is 22.2 Å². The second kappa shape index (κ2) is 6.73. The van der Waals surface area contributed by atoms with Crippen molar-refractivity contribution in [2.45, 2.75) is 11.5 Å². The highest BCUT2D eigenvalue weighted by Gasteiger charge is 2.10. The summed E-state index contributed by atoms with van der Waals surface area (Å²) in [6, 6.07) is 7.44. The number of aryl methyl sites for hydroxylation is 1. The predicted octanol–water partition coefficient (Wildman–Crippen LogP) is 3.65. The highest BCUT2D eigenvalue weighted by Crippen LogP contribution is 2.23. The molecule has 0 bridgehead atoms. The number of rotatable bonds is 5. The number of thiazole rings is 1. The fourth-order valence-electron chi connectivity index (χ4n) is 2.02. The lowest BCUT2D eigenvalue weighted by Gasteiger charge is -2.01. The number of halogens is 1. The Morgan fingerprint density at radius 1 is 1.27 bits per heavy atom. The molecule has 4 nitrogen and oxygen atoms in total. The Balaban J connectivity index is 1.64. The molecule has 0 N–H and O–H groups in total. The molecule has 2 heterocycles. The third-order valence-corrected chi connectivity index (χ3v) is 5.52. The lowest BCUT2D eigenvalue weighted by Crippen LogP contribution is -1.99. The minimum atomic E-state index is -0.986. The summed E-state index contributed by atoms with van der Waals surface area (Å²) >= 11 is 7.40. The van der Waals surface area contributed by atoms with E-state index in [1.165, 1.54) is 0 Å². The first-order valence-electron chi connectivity index (χ1n) is 6.63. The fourth-order valence-corrected chi connectivity index (χ4v) is 4.19. The molecule has 3 rings (SSSR count). The Bertz CT molecular complexity index is 795. The molecule has 0 spiro atoms. The van der Waals surface area contributed by atoms with Crippen molar-refractivity contribution in [1.82, 2.24) is 14.8 Å². The maximum absolute atomic E-state index is 12.2. The molecule has 0 saturated carbocycles. The van der Waals surface area contributed by atoms with Crippen LogP contribution in [0.15, 0.2) is 42.0 Å². The molecule has 114 valence electrons. The van der Waals surface area contributed by atoms with E-state index in [9.17, 15) is 4.21 Å². The van der Waals surface area contributed by atoms with Gasteiger partial charge < -0.3 is 0 Å². The van der Waals surface area contributed by atoms with Gasteiger partial charge in [0.25, 0.3) is 0 Å². The molecule has 1 aromatic carbocycles. The van der Waals surface area contributed by atoms with Gasteiger partial charge in [-0.3, -0.25) is 8.89 Å². The maximum Gasteiger partial charge on any atom is 0.126 e.